The molecular formula is C3H3N2O4P. The first-order valence-corrected chi connectivity index (χ1v) is 3.93. The van der Waals surface area contributed by atoms with Crippen LogP contribution in [0.15, 0.2) is 12.4 Å². The lowest BCUT2D eigenvalue weighted by Crippen LogP contribution is -1.97. The normalized spacial score (nSPS) is 28.9. The maximum atomic E-state index is 10.6. The fraction of sp³-hybridized carbons (Fsp3) is 0. The minimum atomic E-state index is -3.88. The SMILES string of the molecule is O=P1(O)Oc2nccn2O1. The predicted molar refractivity (Wildman–Crippen MR) is 29.3 cm³/mol. The van der Waals surface area contributed by atoms with Gasteiger partial charge < -0.3 is 4.52 Å². The van der Waals surface area contributed by atoms with Gasteiger partial charge in [-0.2, -0.15) is 0 Å². The maximum Gasteiger partial charge on any atom is 0.606 e. The lowest BCUT2D eigenvalue weighted by Gasteiger charge is -1.96. The van der Waals surface area contributed by atoms with Crippen LogP contribution in [0.5, 0.6) is 6.01 Å². The third kappa shape index (κ3) is 0.698. The van der Waals surface area contributed by atoms with Crippen LogP contribution < -0.4 is 9.15 Å². The second-order valence-corrected chi connectivity index (χ2v) is 2.96. The van der Waals surface area contributed by atoms with Gasteiger partial charge in [0.2, 0.25) is 0 Å². The lowest BCUT2D eigenvalue weighted by atomic mass is 11.0. The van der Waals surface area contributed by atoms with E-state index in [0.717, 1.165) is 4.73 Å². The smallest absolute Gasteiger partial charge is 0.357 e. The van der Waals surface area contributed by atoms with E-state index in [1.54, 1.807) is 0 Å². The van der Waals surface area contributed by atoms with Gasteiger partial charge in [-0.25, -0.2) is 9.55 Å². The Morgan fingerprint density at radius 1 is 1.80 bits per heavy atom. The number of hydrogen-bond donors (Lipinski definition) is 1. The number of rotatable bonds is 0. The number of phosphoric acid groups is 1. The van der Waals surface area contributed by atoms with Crippen LogP contribution in [0.4, 0.5) is 0 Å². The number of aromatic nitrogens is 2. The van der Waals surface area contributed by atoms with E-state index in [1.165, 1.54) is 12.4 Å². The van der Waals surface area contributed by atoms with E-state index in [2.05, 4.69) is 14.1 Å². The molecule has 2 heterocycles. The van der Waals surface area contributed by atoms with Crippen molar-refractivity contribution in [3.63, 3.8) is 0 Å². The second kappa shape index (κ2) is 1.53. The Morgan fingerprint density at radius 2 is 2.60 bits per heavy atom. The van der Waals surface area contributed by atoms with Gasteiger partial charge in [-0.05, 0) is 0 Å². The molecular weight excluding hydrogens is 159 g/mol. The van der Waals surface area contributed by atoms with Gasteiger partial charge in [0.1, 0.15) is 0 Å². The van der Waals surface area contributed by atoms with Crippen molar-refractivity contribution in [3.8, 4) is 6.01 Å². The van der Waals surface area contributed by atoms with Crippen LogP contribution in [0.3, 0.4) is 0 Å². The van der Waals surface area contributed by atoms with Crippen molar-refractivity contribution in [2.24, 2.45) is 0 Å². The molecule has 0 radical (unpaired) electrons. The fourth-order valence-corrected chi connectivity index (χ4v) is 1.35. The molecule has 0 aromatic carbocycles. The molecule has 1 unspecified atom stereocenters. The number of fused-ring (bicyclic) bond motifs is 1. The van der Waals surface area contributed by atoms with Gasteiger partial charge in [0, 0.05) is 0 Å². The molecule has 0 saturated carbocycles. The van der Waals surface area contributed by atoms with Crippen molar-refractivity contribution in [2.45, 2.75) is 0 Å². The summed E-state index contributed by atoms with van der Waals surface area (Å²) < 4.78 is 20.3. The van der Waals surface area contributed by atoms with Crippen LogP contribution in [0.2, 0.25) is 0 Å². The third-order valence-corrected chi connectivity index (χ3v) is 1.74. The molecule has 7 heteroatoms. The zero-order valence-corrected chi connectivity index (χ0v) is 5.56. The molecule has 0 amide bonds. The second-order valence-electron chi connectivity index (χ2n) is 1.68. The third-order valence-electron chi connectivity index (χ3n) is 0.964. The summed E-state index contributed by atoms with van der Waals surface area (Å²) in [4.78, 5) is 12.2. The Balaban J connectivity index is 2.46. The van der Waals surface area contributed by atoms with E-state index < -0.39 is 7.82 Å². The highest BCUT2D eigenvalue weighted by Gasteiger charge is 2.35. The quantitative estimate of drug-likeness (QED) is 0.535. The first-order chi connectivity index (χ1) is 4.67. The van der Waals surface area contributed by atoms with Crippen LogP contribution >= 0.6 is 7.82 Å². The average molecular weight is 162 g/mol. The van der Waals surface area contributed by atoms with Crippen molar-refractivity contribution in [1.82, 2.24) is 9.71 Å². The first-order valence-electron chi connectivity index (χ1n) is 2.43. The molecule has 0 saturated heterocycles. The Labute approximate surface area is 55.6 Å². The molecule has 1 aliphatic rings. The van der Waals surface area contributed by atoms with Crippen LogP contribution in [-0.2, 0) is 4.57 Å². The summed E-state index contributed by atoms with van der Waals surface area (Å²) in [6.07, 6.45) is 2.78. The van der Waals surface area contributed by atoms with Crippen molar-refractivity contribution in [2.75, 3.05) is 0 Å². The molecule has 0 bridgehead atoms. The standard InChI is InChI=1S/C3H3N2O4P/c6-10(7)8-3-4-1-2-5(3)9-10/h1-2H,(H,6,7). The number of imidazole rings is 1. The van der Waals surface area contributed by atoms with Gasteiger partial charge >= 0.3 is 13.8 Å². The van der Waals surface area contributed by atoms with Crippen molar-refractivity contribution >= 4 is 7.82 Å². The van der Waals surface area contributed by atoms with E-state index in [4.69, 9.17) is 4.89 Å². The van der Waals surface area contributed by atoms with Crippen molar-refractivity contribution in [1.29, 1.82) is 0 Å². The molecule has 54 valence electrons. The highest BCUT2D eigenvalue weighted by Crippen LogP contribution is 2.45. The highest BCUT2D eigenvalue weighted by molar-refractivity contribution is 7.48. The van der Waals surface area contributed by atoms with Gasteiger partial charge in [-0.1, -0.05) is 0 Å². The molecule has 1 aromatic heterocycles. The molecule has 6 nitrogen and oxygen atoms in total. The Hall–Kier alpha value is -1.00. The Bertz CT molecular complexity index is 283. The Morgan fingerprint density at radius 3 is 3.30 bits per heavy atom. The minimum Gasteiger partial charge on any atom is -0.357 e. The van der Waals surface area contributed by atoms with Gasteiger partial charge in [-0.15, -0.1) is 4.73 Å². The monoisotopic (exact) mass is 162 g/mol. The maximum absolute atomic E-state index is 10.6. The fourth-order valence-electron chi connectivity index (χ4n) is 0.635. The van der Waals surface area contributed by atoms with Crippen LogP contribution in [0.25, 0.3) is 0 Å². The summed E-state index contributed by atoms with van der Waals surface area (Å²) in [6, 6.07) is 0.00540. The van der Waals surface area contributed by atoms with E-state index in [0.29, 0.717) is 0 Å². The molecule has 0 aliphatic carbocycles. The minimum absolute atomic E-state index is 0.00540. The zero-order valence-electron chi connectivity index (χ0n) is 4.67. The average Bonchev–Trinajstić information content (AvgIpc) is 2.20. The van der Waals surface area contributed by atoms with Gasteiger partial charge in [0.15, 0.2) is 0 Å². The molecule has 0 spiro atoms. The molecule has 1 aliphatic heterocycles. The Kier molecular flexibility index (Phi) is 0.882. The van der Waals surface area contributed by atoms with Crippen molar-refractivity contribution in [3.05, 3.63) is 12.4 Å². The largest absolute Gasteiger partial charge is 0.606 e. The molecule has 1 atom stereocenters. The van der Waals surface area contributed by atoms with E-state index in [-0.39, 0.29) is 6.01 Å². The first kappa shape index (κ1) is 5.76. The van der Waals surface area contributed by atoms with Crippen LogP contribution in [0.1, 0.15) is 0 Å². The van der Waals surface area contributed by atoms with Crippen LogP contribution in [-0.4, -0.2) is 14.6 Å². The van der Waals surface area contributed by atoms with E-state index >= 15 is 0 Å². The molecule has 0 fully saturated rings. The van der Waals surface area contributed by atoms with Gasteiger partial charge in [0.25, 0.3) is 0 Å². The van der Waals surface area contributed by atoms with Gasteiger partial charge in [0.05, 0.1) is 12.4 Å². The zero-order chi connectivity index (χ0) is 7.19. The number of nitrogens with zero attached hydrogens (tertiary/aromatic N) is 2. The molecule has 1 aromatic rings. The number of hydrogen-bond acceptors (Lipinski definition) is 4. The predicted octanol–water partition coefficient (Wildman–Crippen LogP) is -0.196. The van der Waals surface area contributed by atoms with Crippen LogP contribution in [0, 0.1) is 0 Å². The molecule has 1 N–H and O–H groups in total. The number of phosphoric ester groups is 1. The van der Waals surface area contributed by atoms with Crippen molar-refractivity contribution < 1.29 is 18.6 Å². The summed E-state index contributed by atoms with van der Waals surface area (Å²) in [7, 11) is -3.88. The molecule has 10 heavy (non-hydrogen) atoms. The topological polar surface area (TPSA) is 73.6 Å². The van der Waals surface area contributed by atoms with E-state index in [1.807, 2.05) is 0 Å². The summed E-state index contributed by atoms with van der Waals surface area (Å²) in [6.45, 7) is 0. The summed E-state index contributed by atoms with van der Waals surface area (Å²) in [5.74, 6) is 0. The molecule has 2 rings (SSSR count). The van der Waals surface area contributed by atoms with E-state index in [9.17, 15) is 4.57 Å². The highest BCUT2D eigenvalue weighted by atomic mass is 31.2. The summed E-state index contributed by atoms with van der Waals surface area (Å²) in [5, 5.41) is 0. The summed E-state index contributed by atoms with van der Waals surface area (Å²) >= 11 is 0. The van der Waals surface area contributed by atoms with Gasteiger partial charge in [-0.3, -0.25) is 9.52 Å². The lowest BCUT2D eigenvalue weighted by molar-refractivity contribution is 0.242. The summed E-state index contributed by atoms with van der Waals surface area (Å²) in [5.41, 5.74) is 0.